The van der Waals surface area contributed by atoms with E-state index < -0.39 is 0 Å². The maximum Gasteiger partial charge on any atom is 0.174 e. The lowest BCUT2D eigenvalue weighted by Gasteiger charge is -2.08. The van der Waals surface area contributed by atoms with Gasteiger partial charge in [0.05, 0.1) is 0 Å². The van der Waals surface area contributed by atoms with Gasteiger partial charge in [-0.1, -0.05) is 42.0 Å². The van der Waals surface area contributed by atoms with Gasteiger partial charge in [0.1, 0.15) is 12.4 Å². The predicted molar refractivity (Wildman–Crippen MR) is 76.6 cm³/mol. The number of ketones is 1. The molecule has 98 valence electrons. The second-order valence-electron chi connectivity index (χ2n) is 4.75. The Kier molecular flexibility index (Phi) is 4.35. The van der Waals surface area contributed by atoms with E-state index in [1.54, 1.807) is 0 Å². The Hall–Kier alpha value is -2.09. The number of ether oxygens (including phenoxy) is 1. The van der Waals surface area contributed by atoms with Gasteiger partial charge in [0.15, 0.2) is 5.78 Å². The Morgan fingerprint density at radius 2 is 1.79 bits per heavy atom. The van der Waals surface area contributed by atoms with Crippen molar-refractivity contribution in [2.24, 2.45) is 0 Å². The summed E-state index contributed by atoms with van der Waals surface area (Å²) < 4.78 is 5.46. The Balaban J connectivity index is 1.93. The fourth-order valence-electron chi connectivity index (χ4n) is 1.93. The molecule has 0 bridgehead atoms. The SMILES string of the molecule is Cc1ccc(C)c(CC(=O)COc2ccccc2)c1. The van der Waals surface area contributed by atoms with Gasteiger partial charge in [-0.15, -0.1) is 0 Å². The zero-order valence-electron chi connectivity index (χ0n) is 11.3. The normalized spacial score (nSPS) is 10.2. The van der Waals surface area contributed by atoms with Crippen molar-refractivity contribution in [1.29, 1.82) is 0 Å². The summed E-state index contributed by atoms with van der Waals surface area (Å²) in [6.07, 6.45) is 0.431. The van der Waals surface area contributed by atoms with Crippen molar-refractivity contribution in [3.63, 3.8) is 0 Å². The smallest absolute Gasteiger partial charge is 0.174 e. The molecule has 0 fully saturated rings. The van der Waals surface area contributed by atoms with E-state index in [9.17, 15) is 4.79 Å². The minimum absolute atomic E-state index is 0.0950. The summed E-state index contributed by atoms with van der Waals surface area (Å²) >= 11 is 0. The van der Waals surface area contributed by atoms with Crippen molar-refractivity contribution in [3.05, 3.63) is 65.2 Å². The number of hydrogen-bond acceptors (Lipinski definition) is 2. The number of Topliss-reactive ketones (excluding diaryl/α,β-unsaturated/α-hetero) is 1. The first-order chi connectivity index (χ1) is 9.15. The summed E-state index contributed by atoms with van der Waals surface area (Å²) in [5.41, 5.74) is 3.41. The molecular formula is C17H18O2. The van der Waals surface area contributed by atoms with Crippen LogP contribution >= 0.6 is 0 Å². The maximum absolute atomic E-state index is 11.9. The molecule has 2 heteroatoms. The van der Waals surface area contributed by atoms with Gasteiger partial charge in [-0.2, -0.15) is 0 Å². The average molecular weight is 254 g/mol. The number of carbonyl (C=O) groups is 1. The standard InChI is InChI=1S/C17H18O2/c1-13-8-9-14(2)15(10-13)11-16(18)12-19-17-6-4-3-5-7-17/h3-10H,11-12H2,1-2H3. The van der Waals surface area contributed by atoms with Crippen molar-refractivity contribution < 1.29 is 9.53 Å². The van der Waals surface area contributed by atoms with Gasteiger partial charge in [0.2, 0.25) is 0 Å². The lowest BCUT2D eigenvalue weighted by Crippen LogP contribution is -2.14. The van der Waals surface area contributed by atoms with E-state index in [1.807, 2.05) is 44.2 Å². The van der Waals surface area contributed by atoms with Crippen molar-refractivity contribution in [3.8, 4) is 5.75 Å². The third kappa shape index (κ3) is 3.95. The molecule has 2 rings (SSSR count). The Morgan fingerprint density at radius 3 is 2.53 bits per heavy atom. The van der Waals surface area contributed by atoms with Crippen LogP contribution in [0.2, 0.25) is 0 Å². The van der Waals surface area contributed by atoms with Crippen molar-refractivity contribution >= 4 is 5.78 Å². The third-order valence-electron chi connectivity index (χ3n) is 3.04. The number of carbonyl (C=O) groups excluding carboxylic acids is 1. The van der Waals surface area contributed by atoms with Crippen molar-refractivity contribution in [2.75, 3.05) is 6.61 Å². The molecule has 0 aliphatic carbocycles. The van der Waals surface area contributed by atoms with Crippen LogP contribution in [-0.2, 0) is 11.2 Å². The molecular weight excluding hydrogens is 236 g/mol. The zero-order valence-corrected chi connectivity index (χ0v) is 11.3. The number of rotatable bonds is 5. The van der Waals surface area contributed by atoms with Crippen molar-refractivity contribution in [1.82, 2.24) is 0 Å². The molecule has 0 spiro atoms. The highest BCUT2D eigenvalue weighted by molar-refractivity contribution is 5.82. The quantitative estimate of drug-likeness (QED) is 0.816. The summed E-state index contributed by atoms with van der Waals surface area (Å²) in [7, 11) is 0. The van der Waals surface area contributed by atoms with Gasteiger partial charge in [0, 0.05) is 6.42 Å². The summed E-state index contributed by atoms with van der Waals surface area (Å²) in [6, 6.07) is 15.6. The first-order valence-electron chi connectivity index (χ1n) is 6.41. The number of benzene rings is 2. The van der Waals surface area contributed by atoms with E-state index in [1.165, 1.54) is 5.56 Å². The molecule has 0 amide bonds. The molecule has 0 atom stereocenters. The predicted octanol–water partition coefficient (Wildman–Crippen LogP) is 3.49. The van der Waals surface area contributed by atoms with E-state index in [4.69, 9.17) is 4.74 Å². The van der Waals surface area contributed by atoms with Crippen LogP contribution in [0.1, 0.15) is 16.7 Å². The fraction of sp³-hybridized carbons (Fsp3) is 0.235. The van der Waals surface area contributed by atoms with Crippen LogP contribution in [0.3, 0.4) is 0 Å². The number of para-hydroxylation sites is 1. The van der Waals surface area contributed by atoms with E-state index in [2.05, 4.69) is 18.2 Å². The molecule has 19 heavy (non-hydrogen) atoms. The van der Waals surface area contributed by atoms with Crippen LogP contribution in [0, 0.1) is 13.8 Å². The highest BCUT2D eigenvalue weighted by atomic mass is 16.5. The zero-order chi connectivity index (χ0) is 13.7. The summed E-state index contributed by atoms with van der Waals surface area (Å²) in [5.74, 6) is 0.828. The molecule has 0 aromatic heterocycles. The summed E-state index contributed by atoms with van der Waals surface area (Å²) in [4.78, 5) is 11.9. The molecule has 0 heterocycles. The highest BCUT2D eigenvalue weighted by Crippen LogP contribution is 2.13. The number of hydrogen-bond donors (Lipinski definition) is 0. The molecule has 0 aliphatic heterocycles. The van der Waals surface area contributed by atoms with Gasteiger partial charge < -0.3 is 4.74 Å². The highest BCUT2D eigenvalue weighted by Gasteiger charge is 2.07. The molecule has 2 nitrogen and oxygen atoms in total. The minimum Gasteiger partial charge on any atom is -0.486 e. The van der Waals surface area contributed by atoms with Crippen LogP contribution in [-0.4, -0.2) is 12.4 Å². The van der Waals surface area contributed by atoms with Crippen molar-refractivity contribution in [2.45, 2.75) is 20.3 Å². The molecule has 0 unspecified atom stereocenters. The maximum atomic E-state index is 11.9. The van der Waals surface area contributed by atoms with Gasteiger partial charge in [-0.3, -0.25) is 4.79 Å². The van der Waals surface area contributed by atoms with E-state index in [-0.39, 0.29) is 12.4 Å². The van der Waals surface area contributed by atoms with Crippen LogP contribution in [0.4, 0.5) is 0 Å². The second-order valence-corrected chi connectivity index (χ2v) is 4.75. The van der Waals surface area contributed by atoms with E-state index in [0.29, 0.717) is 6.42 Å². The lowest BCUT2D eigenvalue weighted by atomic mass is 10.0. The summed E-state index contributed by atoms with van der Waals surface area (Å²) in [5, 5.41) is 0. The van der Waals surface area contributed by atoms with Crippen LogP contribution < -0.4 is 4.74 Å². The molecule has 0 saturated carbocycles. The van der Waals surface area contributed by atoms with Gasteiger partial charge >= 0.3 is 0 Å². The van der Waals surface area contributed by atoms with Crippen LogP contribution in [0.25, 0.3) is 0 Å². The lowest BCUT2D eigenvalue weighted by molar-refractivity contribution is -0.120. The minimum atomic E-state index is 0.0950. The first-order valence-corrected chi connectivity index (χ1v) is 6.41. The van der Waals surface area contributed by atoms with Gasteiger partial charge in [-0.25, -0.2) is 0 Å². The summed E-state index contributed by atoms with van der Waals surface area (Å²) in [6.45, 7) is 4.19. The van der Waals surface area contributed by atoms with Gasteiger partial charge in [-0.05, 0) is 37.1 Å². The van der Waals surface area contributed by atoms with E-state index >= 15 is 0 Å². The molecule has 0 saturated heterocycles. The monoisotopic (exact) mass is 254 g/mol. The van der Waals surface area contributed by atoms with Gasteiger partial charge in [0.25, 0.3) is 0 Å². The van der Waals surface area contributed by atoms with Crippen LogP contribution in [0.5, 0.6) is 5.75 Å². The molecule has 0 N–H and O–H groups in total. The molecule has 2 aromatic rings. The Morgan fingerprint density at radius 1 is 1.05 bits per heavy atom. The third-order valence-corrected chi connectivity index (χ3v) is 3.04. The second kappa shape index (κ2) is 6.19. The number of aryl methyl sites for hydroxylation is 2. The molecule has 0 aliphatic rings. The molecule has 2 aromatic carbocycles. The largest absolute Gasteiger partial charge is 0.486 e. The Labute approximate surface area is 114 Å². The fourth-order valence-corrected chi connectivity index (χ4v) is 1.93. The topological polar surface area (TPSA) is 26.3 Å². The Bertz CT molecular complexity index is 559. The molecule has 0 radical (unpaired) electrons. The van der Waals surface area contributed by atoms with E-state index in [0.717, 1.165) is 16.9 Å². The van der Waals surface area contributed by atoms with Crippen LogP contribution in [0.15, 0.2) is 48.5 Å². The average Bonchev–Trinajstić information content (AvgIpc) is 2.42. The first kappa shape index (κ1) is 13.3.